The third-order valence-corrected chi connectivity index (χ3v) is 6.98. The first kappa shape index (κ1) is 25.6. The topological polar surface area (TPSA) is 100 Å². The molecule has 34 heavy (non-hydrogen) atoms. The Balaban J connectivity index is 1.91. The number of carbonyl (C=O) groups is 1. The van der Waals surface area contributed by atoms with Crippen LogP contribution in [0.1, 0.15) is 39.5 Å². The van der Waals surface area contributed by atoms with Crippen molar-refractivity contribution in [3.8, 4) is 5.75 Å². The molecule has 0 spiro atoms. The predicted octanol–water partition coefficient (Wildman–Crippen LogP) is 3.39. The molecule has 10 heteroatoms. The standard InChI is InChI=1S/C24H33N5O4S/c1-6-8-9-16(7-2)14-29-20-21(27(3)24(32)28(4)22(20)31)26-23(29)34-15-19(30)25-17-10-12-18(33-5)13-11-17/h10-13,16H,6-9,14-15H2,1-5H3,(H,25,30)/t16-/m1/s1. The molecule has 0 aliphatic rings. The van der Waals surface area contributed by atoms with Crippen LogP contribution in [0.25, 0.3) is 11.2 Å². The van der Waals surface area contributed by atoms with Crippen LogP contribution in [0, 0.1) is 5.92 Å². The van der Waals surface area contributed by atoms with Crippen molar-refractivity contribution in [1.29, 1.82) is 0 Å². The largest absolute Gasteiger partial charge is 0.497 e. The second-order valence-electron chi connectivity index (χ2n) is 8.36. The molecular weight excluding hydrogens is 454 g/mol. The average Bonchev–Trinajstić information content (AvgIpc) is 3.21. The number of nitrogens with zero attached hydrogens (tertiary/aromatic N) is 4. The highest BCUT2D eigenvalue weighted by Gasteiger charge is 2.22. The molecule has 3 aromatic rings. The van der Waals surface area contributed by atoms with Crippen LogP contribution in [0.15, 0.2) is 39.0 Å². The highest BCUT2D eigenvalue weighted by atomic mass is 32.2. The molecule has 3 rings (SSSR count). The Labute approximate surface area is 203 Å². The zero-order valence-electron chi connectivity index (χ0n) is 20.5. The zero-order chi connectivity index (χ0) is 24.8. The van der Waals surface area contributed by atoms with E-state index < -0.39 is 5.69 Å². The summed E-state index contributed by atoms with van der Waals surface area (Å²) in [5.41, 5.74) is 0.621. The molecule has 0 radical (unpaired) electrons. The van der Waals surface area contributed by atoms with Gasteiger partial charge in [0.1, 0.15) is 5.75 Å². The molecule has 1 aromatic carbocycles. The SMILES string of the molecule is CCCC[C@@H](CC)Cn1c(SCC(=O)Nc2ccc(OC)cc2)nc2c1c(=O)n(C)c(=O)n2C. The number of amides is 1. The molecule has 0 unspecified atom stereocenters. The summed E-state index contributed by atoms with van der Waals surface area (Å²) in [6.45, 7) is 4.92. The molecule has 0 saturated heterocycles. The highest BCUT2D eigenvalue weighted by Crippen LogP contribution is 2.26. The summed E-state index contributed by atoms with van der Waals surface area (Å²) >= 11 is 1.26. The van der Waals surface area contributed by atoms with E-state index in [1.165, 1.54) is 23.4 Å². The fourth-order valence-electron chi connectivity index (χ4n) is 3.88. The maximum absolute atomic E-state index is 13.0. The van der Waals surface area contributed by atoms with Crippen LogP contribution in [0.5, 0.6) is 5.75 Å². The Hall–Kier alpha value is -3.01. The number of benzene rings is 1. The second kappa shape index (κ2) is 11.4. The Bertz CT molecular complexity index is 1260. The lowest BCUT2D eigenvalue weighted by atomic mass is 9.99. The van der Waals surface area contributed by atoms with Gasteiger partial charge in [-0.3, -0.25) is 18.7 Å². The van der Waals surface area contributed by atoms with Crippen molar-refractivity contribution in [3.05, 3.63) is 45.1 Å². The van der Waals surface area contributed by atoms with Gasteiger partial charge in [0, 0.05) is 26.3 Å². The monoisotopic (exact) mass is 487 g/mol. The lowest BCUT2D eigenvalue weighted by Gasteiger charge is -2.17. The molecule has 1 amide bonds. The van der Waals surface area contributed by atoms with E-state index in [1.54, 1.807) is 38.4 Å². The number of rotatable bonds is 11. The number of hydrogen-bond acceptors (Lipinski definition) is 6. The van der Waals surface area contributed by atoms with Gasteiger partial charge in [-0.15, -0.1) is 0 Å². The van der Waals surface area contributed by atoms with Gasteiger partial charge in [0.15, 0.2) is 16.3 Å². The van der Waals surface area contributed by atoms with Crippen LogP contribution >= 0.6 is 11.8 Å². The molecule has 0 aliphatic heterocycles. The minimum absolute atomic E-state index is 0.120. The van der Waals surface area contributed by atoms with E-state index in [2.05, 4.69) is 24.1 Å². The Morgan fingerprint density at radius 3 is 2.47 bits per heavy atom. The Morgan fingerprint density at radius 1 is 1.15 bits per heavy atom. The maximum Gasteiger partial charge on any atom is 0.332 e. The zero-order valence-corrected chi connectivity index (χ0v) is 21.3. The van der Waals surface area contributed by atoms with Crippen molar-refractivity contribution in [2.75, 3.05) is 18.2 Å². The Kier molecular flexibility index (Phi) is 8.60. The predicted molar refractivity (Wildman–Crippen MR) is 136 cm³/mol. The van der Waals surface area contributed by atoms with Crippen LogP contribution < -0.4 is 21.3 Å². The number of aromatic nitrogens is 4. The van der Waals surface area contributed by atoms with Gasteiger partial charge in [0.2, 0.25) is 5.91 Å². The van der Waals surface area contributed by atoms with Crippen molar-refractivity contribution in [1.82, 2.24) is 18.7 Å². The number of aryl methyl sites for hydroxylation is 1. The molecule has 0 saturated carbocycles. The van der Waals surface area contributed by atoms with Crippen LogP contribution in [-0.2, 0) is 25.4 Å². The van der Waals surface area contributed by atoms with Gasteiger partial charge in [0.05, 0.1) is 12.9 Å². The number of nitrogens with one attached hydrogen (secondary N) is 1. The van der Waals surface area contributed by atoms with Crippen LogP contribution in [-0.4, -0.2) is 37.5 Å². The van der Waals surface area contributed by atoms with Gasteiger partial charge >= 0.3 is 5.69 Å². The molecule has 2 heterocycles. The van der Waals surface area contributed by atoms with E-state index in [4.69, 9.17) is 4.74 Å². The lowest BCUT2D eigenvalue weighted by molar-refractivity contribution is -0.113. The lowest BCUT2D eigenvalue weighted by Crippen LogP contribution is -2.37. The van der Waals surface area contributed by atoms with Crippen molar-refractivity contribution in [2.45, 2.75) is 51.2 Å². The van der Waals surface area contributed by atoms with Gasteiger partial charge in [0.25, 0.3) is 5.56 Å². The number of anilines is 1. The highest BCUT2D eigenvalue weighted by molar-refractivity contribution is 7.99. The second-order valence-corrected chi connectivity index (χ2v) is 9.31. The normalized spacial score (nSPS) is 12.1. The number of carbonyl (C=O) groups excluding carboxylic acids is 1. The summed E-state index contributed by atoms with van der Waals surface area (Å²) in [6.07, 6.45) is 4.22. The number of fused-ring (bicyclic) bond motifs is 1. The van der Waals surface area contributed by atoms with Gasteiger partial charge in [-0.05, 0) is 36.6 Å². The average molecular weight is 488 g/mol. The fraction of sp³-hybridized carbons (Fsp3) is 0.500. The van der Waals surface area contributed by atoms with Crippen molar-refractivity contribution >= 4 is 34.5 Å². The third kappa shape index (κ3) is 5.55. The number of imidazole rings is 1. The van der Waals surface area contributed by atoms with E-state index in [-0.39, 0.29) is 17.2 Å². The first-order valence-corrected chi connectivity index (χ1v) is 12.5. The van der Waals surface area contributed by atoms with Crippen molar-refractivity contribution in [2.24, 2.45) is 20.0 Å². The Morgan fingerprint density at radius 2 is 1.85 bits per heavy atom. The van der Waals surface area contributed by atoms with Crippen LogP contribution in [0.3, 0.4) is 0 Å². The molecule has 1 atom stereocenters. The third-order valence-electron chi connectivity index (χ3n) is 6.00. The number of ether oxygens (including phenoxy) is 1. The summed E-state index contributed by atoms with van der Waals surface area (Å²) in [4.78, 5) is 42.7. The molecule has 0 fully saturated rings. The van der Waals surface area contributed by atoms with E-state index in [1.807, 2.05) is 4.57 Å². The van der Waals surface area contributed by atoms with Gasteiger partial charge < -0.3 is 14.6 Å². The fourth-order valence-corrected chi connectivity index (χ4v) is 4.69. The summed E-state index contributed by atoms with van der Waals surface area (Å²) < 4.78 is 9.54. The first-order valence-electron chi connectivity index (χ1n) is 11.5. The van der Waals surface area contributed by atoms with Crippen molar-refractivity contribution in [3.63, 3.8) is 0 Å². The molecule has 184 valence electrons. The molecule has 1 N–H and O–H groups in total. The van der Waals surface area contributed by atoms with Gasteiger partial charge in [-0.2, -0.15) is 0 Å². The minimum atomic E-state index is -0.422. The van der Waals surface area contributed by atoms with E-state index in [0.717, 1.165) is 30.3 Å². The van der Waals surface area contributed by atoms with Crippen molar-refractivity contribution < 1.29 is 9.53 Å². The number of methoxy groups -OCH3 is 1. The molecule has 9 nitrogen and oxygen atoms in total. The first-order chi connectivity index (χ1) is 16.3. The number of unbranched alkanes of at least 4 members (excludes halogenated alkanes) is 1. The molecule has 2 aromatic heterocycles. The van der Waals surface area contributed by atoms with Gasteiger partial charge in [-0.25, -0.2) is 9.78 Å². The summed E-state index contributed by atoms with van der Waals surface area (Å²) in [7, 11) is 4.68. The molecule has 0 aliphatic carbocycles. The van der Waals surface area contributed by atoms with E-state index >= 15 is 0 Å². The number of thioether (sulfide) groups is 1. The summed E-state index contributed by atoms with van der Waals surface area (Å²) in [5.74, 6) is 1.01. The molecule has 0 bridgehead atoms. The van der Waals surface area contributed by atoms with Gasteiger partial charge in [-0.1, -0.05) is 44.9 Å². The van der Waals surface area contributed by atoms with Crippen LogP contribution in [0.4, 0.5) is 5.69 Å². The van der Waals surface area contributed by atoms with Crippen LogP contribution in [0.2, 0.25) is 0 Å². The maximum atomic E-state index is 13.0. The van der Waals surface area contributed by atoms with E-state index in [0.29, 0.717) is 40.2 Å². The smallest absolute Gasteiger partial charge is 0.332 e. The molecular formula is C24H33N5O4S. The summed E-state index contributed by atoms with van der Waals surface area (Å²) in [5, 5.41) is 3.43. The van der Waals surface area contributed by atoms with E-state index in [9.17, 15) is 14.4 Å². The summed E-state index contributed by atoms with van der Waals surface area (Å²) in [6, 6.07) is 7.10. The number of hydrogen-bond donors (Lipinski definition) is 1. The minimum Gasteiger partial charge on any atom is -0.497 e. The quantitative estimate of drug-likeness (QED) is 0.416.